The molecule has 4 nitrogen and oxygen atoms in total. The fourth-order valence-electron chi connectivity index (χ4n) is 2.22. The van der Waals surface area contributed by atoms with Crippen LogP contribution in [0.3, 0.4) is 0 Å². The highest BCUT2D eigenvalue weighted by molar-refractivity contribution is 7.80. The van der Waals surface area contributed by atoms with E-state index in [9.17, 15) is 14.7 Å². The van der Waals surface area contributed by atoms with E-state index >= 15 is 0 Å². The summed E-state index contributed by atoms with van der Waals surface area (Å²) in [5.41, 5.74) is 0. The lowest BCUT2D eigenvalue weighted by Gasteiger charge is -2.19. The van der Waals surface area contributed by atoms with Crippen LogP contribution in [0.15, 0.2) is 0 Å². The lowest BCUT2D eigenvalue weighted by atomic mass is 9.94. The Hall–Kier alpha value is -0.550. The minimum absolute atomic E-state index is 0.153. The average Bonchev–Trinajstić information content (AvgIpc) is 2.51. The van der Waals surface area contributed by atoms with Gasteiger partial charge in [-0.05, 0) is 19.8 Å². The maximum absolute atomic E-state index is 11.5. The minimum atomic E-state index is -0.906. The van der Waals surface area contributed by atoms with Gasteiger partial charge in [0.25, 0.3) is 0 Å². The smallest absolute Gasteiger partial charge is 0.233 e. The number of hydrogen-bond donors (Lipinski definition) is 3. The van der Waals surface area contributed by atoms with E-state index in [1.54, 1.807) is 0 Å². The van der Waals surface area contributed by atoms with E-state index in [-0.39, 0.29) is 23.0 Å². The molecule has 0 spiro atoms. The summed E-state index contributed by atoms with van der Waals surface area (Å²) in [7, 11) is 0. The molecule has 0 aromatic rings. The van der Waals surface area contributed by atoms with Gasteiger partial charge in [0.1, 0.15) is 11.7 Å². The molecule has 1 fully saturated rings. The molecule has 1 amide bonds. The molecular weight excluding hydrogens is 238 g/mol. The Bertz CT molecular complexity index is 295. The van der Waals surface area contributed by atoms with Gasteiger partial charge in [-0.2, -0.15) is 12.6 Å². The van der Waals surface area contributed by atoms with Crippen LogP contribution in [0.5, 0.6) is 0 Å². The number of hydrogen-bond acceptors (Lipinski definition) is 4. The SMILES string of the molecule is CCCCC(S)CC1NC(=O)C(C(C)=O)C1O. The van der Waals surface area contributed by atoms with E-state index in [1.165, 1.54) is 6.92 Å². The molecule has 1 aliphatic heterocycles. The number of aliphatic hydroxyl groups excluding tert-OH is 1. The Morgan fingerprint density at radius 1 is 1.59 bits per heavy atom. The molecule has 2 N–H and O–H groups in total. The maximum Gasteiger partial charge on any atom is 0.233 e. The van der Waals surface area contributed by atoms with E-state index in [2.05, 4.69) is 24.9 Å². The van der Waals surface area contributed by atoms with Gasteiger partial charge in [0.05, 0.1) is 12.1 Å². The number of unbranched alkanes of at least 4 members (excludes halogenated alkanes) is 1. The van der Waals surface area contributed by atoms with Gasteiger partial charge in [-0.25, -0.2) is 0 Å². The Morgan fingerprint density at radius 3 is 2.71 bits per heavy atom. The summed E-state index contributed by atoms with van der Waals surface area (Å²) in [5.74, 6) is -1.53. The quantitative estimate of drug-likeness (QED) is 0.491. The zero-order valence-corrected chi connectivity index (χ0v) is 11.2. The predicted molar refractivity (Wildman–Crippen MR) is 69.0 cm³/mol. The van der Waals surface area contributed by atoms with Gasteiger partial charge < -0.3 is 10.4 Å². The van der Waals surface area contributed by atoms with Crippen LogP contribution in [0.4, 0.5) is 0 Å². The normalized spacial score (nSPS) is 30.1. The molecule has 0 aromatic carbocycles. The molecule has 0 saturated carbocycles. The second-order valence-corrected chi connectivity index (χ2v) is 5.46. The zero-order chi connectivity index (χ0) is 13.0. The molecule has 5 heteroatoms. The number of thiol groups is 1. The number of ketones is 1. The molecule has 0 bridgehead atoms. The van der Waals surface area contributed by atoms with Crippen molar-refractivity contribution in [3.8, 4) is 0 Å². The minimum Gasteiger partial charge on any atom is -0.390 e. The van der Waals surface area contributed by atoms with Crippen LogP contribution >= 0.6 is 12.6 Å². The van der Waals surface area contributed by atoms with Gasteiger partial charge in [0.15, 0.2) is 0 Å². The van der Waals surface area contributed by atoms with E-state index in [0.717, 1.165) is 19.3 Å². The summed E-state index contributed by atoms with van der Waals surface area (Å²) in [4.78, 5) is 22.7. The number of carbonyl (C=O) groups excluding carboxylic acids is 2. The Labute approximate surface area is 108 Å². The molecule has 1 rings (SSSR count). The van der Waals surface area contributed by atoms with Crippen molar-refractivity contribution in [3.05, 3.63) is 0 Å². The molecule has 98 valence electrons. The number of rotatable bonds is 6. The second kappa shape index (κ2) is 6.40. The number of carbonyl (C=O) groups is 2. The highest BCUT2D eigenvalue weighted by Crippen LogP contribution is 2.23. The van der Waals surface area contributed by atoms with Crippen molar-refractivity contribution >= 4 is 24.3 Å². The maximum atomic E-state index is 11.5. The molecule has 1 aliphatic rings. The highest BCUT2D eigenvalue weighted by Gasteiger charge is 2.44. The molecule has 0 aromatic heterocycles. The number of nitrogens with one attached hydrogen (secondary N) is 1. The first-order valence-corrected chi connectivity index (χ1v) is 6.66. The average molecular weight is 259 g/mol. The zero-order valence-electron chi connectivity index (χ0n) is 10.3. The summed E-state index contributed by atoms with van der Waals surface area (Å²) in [6.45, 7) is 3.45. The Kier molecular flexibility index (Phi) is 5.46. The topological polar surface area (TPSA) is 66.4 Å². The lowest BCUT2D eigenvalue weighted by molar-refractivity contribution is -0.132. The Morgan fingerprint density at radius 2 is 2.24 bits per heavy atom. The summed E-state index contributed by atoms with van der Waals surface area (Å²) >= 11 is 4.44. The summed E-state index contributed by atoms with van der Waals surface area (Å²) in [6, 6.07) is -0.337. The third-order valence-electron chi connectivity index (χ3n) is 3.22. The summed E-state index contributed by atoms with van der Waals surface area (Å²) in [6.07, 6.45) is 2.85. The van der Waals surface area contributed by atoms with Crippen LogP contribution in [-0.4, -0.2) is 34.2 Å². The van der Waals surface area contributed by atoms with Crippen molar-refractivity contribution in [2.75, 3.05) is 0 Å². The van der Waals surface area contributed by atoms with Gasteiger partial charge in [-0.15, -0.1) is 0 Å². The number of Topliss-reactive ketones (excluding diaryl/α,β-unsaturated/α-hetero) is 1. The van der Waals surface area contributed by atoms with Crippen molar-refractivity contribution in [1.29, 1.82) is 0 Å². The highest BCUT2D eigenvalue weighted by atomic mass is 32.1. The van der Waals surface area contributed by atoms with Gasteiger partial charge >= 0.3 is 0 Å². The van der Waals surface area contributed by atoms with Crippen LogP contribution in [0.1, 0.15) is 39.5 Å². The van der Waals surface area contributed by atoms with Crippen molar-refractivity contribution < 1.29 is 14.7 Å². The van der Waals surface area contributed by atoms with E-state index in [4.69, 9.17) is 0 Å². The fraction of sp³-hybridized carbons (Fsp3) is 0.833. The van der Waals surface area contributed by atoms with Gasteiger partial charge in [-0.1, -0.05) is 19.8 Å². The van der Waals surface area contributed by atoms with E-state index in [0.29, 0.717) is 6.42 Å². The van der Waals surface area contributed by atoms with Crippen molar-refractivity contribution in [3.63, 3.8) is 0 Å². The molecule has 4 atom stereocenters. The summed E-state index contributed by atoms with van der Waals surface area (Å²) < 4.78 is 0. The van der Waals surface area contributed by atoms with Crippen molar-refractivity contribution in [2.45, 2.75) is 56.9 Å². The predicted octanol–water partition coefficient (Wildman–Crippen LogP) is 0.930. The lowest BCUT2D eigenvalue weighted by Crippen LogP contribution is -2.35. The van der Waals surface area contributed by atoms with Crippen LogP contribution in [0.2, 0.25) is 0 Å². The fourth-order valence-corrected chi connectivity index (χ4v) is 2.63. The third-order valence-corrected chi connectivity index (χ3v) is 3.69. The Balaban J connectivity index is 2.51. The second-order valence-electron chi connectivity index (χ2n) is 4.73. The van der Waals surface area contributed by atoms with E-state index < -0.39 is 12.0 Å². The first-order valence-electron chi connectivity index (χ1n) is 6.14. The monoisotopic (exact) mass is 259 g/mol. The molecule has 17 heavy (non-hydrogen) atoms. The van der Waals surface area contributed by atoms with Gasteiger partial charge in [-0.3, -0.25) is 9.59 Å². The van der Waals surface area contributed by atoms with E-state index in [1.807, 2.05) is 0 Å². The number of aliphatic hydroxyl groups is 1. The largest absolute Gasteiger partial charge is 0.390 e. The number of amides is 1. The summed E-state index contributed by atoms with van der Waals surface area (Å²) in [5, 5.41) is 12.8. The first kappa shape index (κ1) is 14.5. The molecular formula is C12H21NO3S. The molecule has 0 radical (unpaired) electrons. The molecule has 1 heterocycles. The molecule has 1 saturated heterocycles. The standard InChI is InChI=1S/C12H21NO3S/c1-3-4-5-8(17)6-9-11(15)10(7(2)14)12(16)13-9/h8-11,15,17H,3-6H2,1-2H3,(H,13,16). The third kappa shape index (κ3) is 3.71. The van der Waals surface area contributed by atoms with Crippen LogP contribution in [-0.2, 0) is 9.59 Å². The van der Waals surface area contributed by atoms with Crippen LogP contribution in [0, 0.1) is 5.92 Å². The van der Waals surface area contributed by atoms with Crippen molar-refractivity contribution in [2.24, 2.45) is 5.92 Å². The van der Waals surface area contributed by atoms with Gasteiger partial charge in [0, 0.05) is 5.25 Å². The van der Waals surface area contributed by atoms with Crippen LogP contribution < -0.4 is 5.32 Å². The van der Waals surface area contributed by atoms with Crippen LogP contribution in [0.25, 0.3) is 0 Å². The molecule has 4 unspecified atom stereocenters. The first-order chi connectivity index (χ1) is 7.97. The van der Waals surface area contributed by atoms with Crippen molar-refractivity contribution in [1.82, 2.24) is 5.32 Å². The van der Waals surface area contributed by atoms with Gasteiger partial charge in [0.2, 0.25) is 5.91 Å². The molecule has 0 aliphatic carbocycles.